The van der Waals surface area contributed by atoms with Crippen molar-refractivity contribution in [2.24, 2.45) is 0 Å². The molecule has 7 heteroatoms. The Labute approximate surface area is 200 Å². The minimum Gasteiger partial charge on any atom is -0.507 e. The lowest BCUT2D eigenvalue weighted by molar-refractivity contribution is -0.140. The summed E-state index contributed by atoms with van der Waals surface area (Å²) in [4.78, 5) is 29.5. The molecule has 0 spiro atoms. The highest BCUT2D eigenvalue weighted by atomic mass is 16.5. The van der Waals surface area contributed by atoms with Crippen LogP contribution in [-0.4, -0.2) is 67.0 Å². The summed E-state index contributed by atoms with van der Waals surface area (Å²) in [7, 11) is 3.81. The van der Waals surface area contributed by atoms with Crippen LogP contribution in [0.25, 0.3) is 5.76 Å². The highest BCUT2D eigenvalue weighted by molar-refractivity contribution is 6.46. The molecule has 1 aliphatic heterocycles. The Morgan fingerprint density at radius 3 is 2.26 bits per heavy atom. The Morgan fingerprint density at radius 1 is 1.06 bits per heavy atom. The molecule has 3 rings (SSSR count). The number of carbonyl (C=O) groups excluding carboxylic acids is 2. The molecule has 0 bridgehead atoms. The van der Waals surface area contributed by atoms with Gasteiger partial charge in [0.1, 0.15) is 23.9 Å². The zero-order valence-electron chi connectivity index (χ0n) is 20.0. The lowest BCUT2D eigenvalue weighted by Crippen LogP contribution is -2.35. The zero-order valence-corrected chi connectivity index (χ0v) is 20.0. The second-order valence-electron chi connectivity index (χ2n) is 8.34. The fourth-order valence-corrected chi connectivity index (χ4v) is 3.75. The van der Waals surface area contributed by atoms with Crippen LogP contribution in [0.15, 0.2) is 66.8 Å². The van der Waals surface area contributed by atoms with Gasteiger partial charge in [0.2, 0.25) is 0 Å². The number of amides is 1. The van der Waals surface area contributed by atoms with E-state index < -0.39 is 17.7 Å². The lowest BCUT2D eigenvalue weighted by Gasteiger charge is -2.26. The van der Waals surface area contributed by atoms with Crippen LogP contribution in [0.1, 0.15) is 30.5 Å². The van der Waals surface area contributed by atoms with Crippen LogP contribution in [0.4, 0.5) is 0 Å². The second kappa shape index (κ2) is 11.5. The number of Topliss-reactive ketones (excluding diaryl/α,β-unsaturated/α-hetero) is 1. The molecule has 1 atom stereocenters. The first kappa shape index (κ1) is 25.1. The van der Waals surface area contributed by atoms with E-state index in [0.717, 1.165) is 12.0 Å². The fourth-order valence-electron chi connectivity index (χ4n) is 3.75. The summed E-state index contributed by atoms with van der Waals surface area (Å²) in [6.45, 7) is 7.55. The maximum absolute atomic E-state index is 13.1. The largest absolute Gasteiger partial charge is 0.507 e. The molecular weight excluding hydrogens is 432 g/mol. The van der Waals surface area contributed by atoms with Gasteiger partial charge in [0.15, 0.2) is 0 Å². The third-order valence-electron chi connectivity index (χ3n) is 5.49. The molecule has 2 aromatic carbocycles. The average molecular weight is 465 g/mol. The number of rotatable bonds is 11. The van der Waals surface area contributed by atoms with Gasteiger partial charge in [-0.15, -0.1) is 0 Å². The van der Waals surface area contributed by atoms with E-state index in [1.807, 2.05) is 50.2 Å². The Balaban J connectivity index is 2.02. The third-order valence-corrected chi connectivity index (χ3v) is 5.49. The van der Waals surface area contributed by atoms with E-state index in [-0.39, 0.29) is 11.3 Å². The first-order valence-electron chi connectivity index (χ1n) is 11.4. The monoisotopic (exact) mass is 464 g/mol. The Bertz CT molecular complexity index is 1040. The molecule has 1 unspecified atom stereocenters. The molecule has 1 heterocycles. The number of hydrogen-bond acceptors (Lipinski definition) is 6. The predicted molar refractivity (Wildman–Crippen MR) is 132 cm³/mol. The smallest absolute Gasteiger partial charge is 0.295 e. The maximum Gasteiger partial charge on any atom is 0.295 e. The van der Waals surface area contributed by atoms with Crippen LogP contribution in [0.2, 0.25) is 0 Å². The SMILES string of the molecule is C=CCOc1ccc(/C(O)=C2/C(=O)C(=O)N(CCN(C)C)C2c2ccc(OCCC)cc2)cc1. The van der Waals surface area contributed by atoms with E-state index in [1.54, 1.807) is 30.3 Å². The number of likely N-dealkylation sites (tertiary alicyclic amines) is 1. The van der Waals surface area contributed by atoms with E-state index in [2.05, 4.69) is 6.58 Å². The average Bonchev–Trinajstić information content (AvgIpc) is 3.10. The van der Waals surface area contributed by atoms with Crippen LogP contribution in [0.5, 0.6) is 11.5 Å². The molecule has 2 aromatic rings. The lowest BCUT2D eigenvalue weighted by atomic mass is 9.95. The van der Waals surface area contributed by atoms with Gasteiger partial charge in [0.05, 0.1) is 18.2 Å². The van der Waals surface area contributed by atoms with Gasteiger partial charge in [-0.2, -0.15) is 0 Å². The van der Waals surface area contributed by atoms with Gasteiger partial charge in [-0.3, -0.25) is 9.59 Å². The van der Waals surface area contributed by atoms with Crippen LogP contribution < -0.4 is 9.47 Å². The van der Waals surface area contributed by atoms with Gasteiger partial charge in [0.25, 0.3) is 11.7 Å². The number of nitrogens with zero attached hydrogens (tertiary/aromatic N) is 2. The number of ether oxygens (including phenoxy) is 2. The highest BCUT2D eigenvalue weighted by Crippen LogP contribution is 2.39. The van der Waals surface area contributed by atoms with Crippen LogP contribution in [0, 0.1) is 0 Å². The van der Waals surface area contributed by atoms with Crippen molar-refractivity contribution in [3.63, 3.8) is 0 Å². The molecule has 7 nitrogen and oxygen atoms in total. The predicted octanol–water partition coefficient (Wildman–Crippen LogP) is 4.02. The minimum absolute atomic E-state index is 0.0748. The number of hydrogen-bond donors (Lipinski definition) is 1. The Hall–Kier alpha value is -3.58. The van der Waals surface area contributed by atoms with Crippen molar-refractivity contribution in [2.45, 2.75) is 19.4 Å². The number of ketones is 1. The molecule has 0 radical (unpaired) electrons. The second-order valence-corrected chi connectivity index (χ2v) is 8.34. The van der Waals surface area contributed by atoms with Gasteiger partial charge in [0, 0.05) is 18.7 Å². The summed E-state index contributed by atoms with van der Waals surface area (Å²) in [5.41, 5.74) is 1.24. The molecule has 180 valence electrons. The molecule has 34 heavy (non-hydrogen) atoms. The zero-order chi connectivity index (χ0) is 24.7. The summed E-state index contributed by atoms with van der Waals surface area (Å²) < 4.78 is 11.2. The molecule has 0 aromatic heterocycles. The number of carbonyl (C=O) groups is 2. The van der Waals surface area contributed by atoms with Crippen LogP contribution >= 0.6 is 0 Å². The maximum atomic E-state index is 13.1. The summed E-state index contributed by atoms with van der Waals surface area (Å²) in [6.07, 6.45) is 2.53. The van der Waals surface area contributed by atoms with E-state index >= 15 is 0 Å². The Kier molecular flexibility index (Phi) is 8.49. The van der Waals surface area contributed by atoms with Crippen molar-refractivity contribution in [1.29, 1.82) is 0 Å². The van der Waals surface area contributed by atoms with Gasteiger partial charge >= 0.3 is 0 Å². The summed E-state index contributed by atoms with van der Waals surface area (Å²) >= 11 is 0. The van der Waals surface area contributed by atoms with Crippen molar-refractivity contribution in [3.8, 4) is 11.5 Å². The van der Waals surface area contributed by atoms with Gasteiger partial charge in [-0.1, -0.05) is 31.7 Å². The fraction of sp³-hybridized carbons (Fsp3) is 0.333. The van der Waals surface area contributed by atoms with Crippen LogP contribution in [0.3, 0.4) is 0 Å². The van der Waals surface area contributed by atoms with Crippen molar-refractivity contribution < 1.29 is 24.2 Å². The third kappa shape index (κ3) is 5.66. The highest BCUT2D eigenvalue weighted by Gasteiger charge is 2.45. The van der Waals surface area contributed by atoms with Crippen molar-refractivity contribution in [2.75, 3.05) is 40.4 Å². The van der Waals surface area contributed by atoms with Gasteiger partial charge in [-0.25, -0.2) is 0 Å². The first-order chi connectivity index (χ1) is 16.4. The van der Waals surface area contributed by atoms with Gasteiger partial charge in [-0.05, 0) is 62.5 Å². The number of benzene rings is 2. The number of aliphatic hydroxyl groups is 1. The summed E-state index contributed by atoms with van der Waals surface area (Å²) in [6, 6.07) is 13.4. The van der Waals surface area contributed by atoms with E-state index in [4.69, 9.17) is 9.47 Å². The molecule has 1 fully saturated rings. The Morgan fingerprint density at radius 2 is 1.68 bits per heavy atom. The van der Waals surface area contributed by atoms with Crippen LogP contribution in [-0.2, 0) is 9.59 Å². The molecule has 1 amide bonds. The van der Waals surface area contributed by atoms with E-state index in [1.165, 1.54) is 4.90 Å². The summed E-state index contributed by atoms with van der Waals surface area (Å²) in [5, 5.41) is 11.2. The molecule has 1 N–H and O–H groups in total. The quantitative estimate of drug-likeness (QED) is 0.234. The van der Waals surface area contributed by atoms with Crippen molar-refractivity contribution >= 4 is 17.4 Å². The standard InChI is InChI=1S/C27H32N2O5/c1-5-17-33-21-11-7-19(8-12-21)24-23(26(31)27(32)29(24)16-15-28(3)4)25(30)20-9-13-22(14-10-20)34-18-6-2/h6-14,24,30H,2,5,15-18H2,1,3-4H3/b25-23-. The van der Waals surface area contributed by atoms with Crippen molar-refractivity contribution in [1.82, 2.24) is 9.80 Å². The molecule has 0 aliphatic carbocycles. The number of aliphatic hydroxyl groups excluding tert-OH is 1. The van der Waals surface area contributed by atoms with Gasteiger partial charge < -0.3 is 24.4 Å². The summed E-state index contributed by atoms with van der Waals surface area (Å²) in [5.74, 6) is -0.199. The number of likely N-dealkylation sites (N-methyl/N-ethyl adjacent to an activating group) is 1. The molecule has 1 saturated heterocycles. The normalized spacial score (nSPS) is 17.3. The minimum atomic E-state index is -0.697. The van der Waals surface area contributed by atoms with E-state index in [9.17, 15) is 14.7 Å². The van der Waals surface area contributed by atoms with E-state index in [0.29, 0.717) is 43.4 Å². The molecular formula is C27H32N2O5. The molecule has 1 aliphatic rings. The topological polar surface area (TPSA) is 79.3 Å². The first-order valence-corrected chi connectivity index (χ1v) is 11.4. The molecule has 0 saturated carbocycles. The van der Waals surface area contributed by atoms with Crippen molar-refractivity contribution in [3.05, 3.63) is 77.9 Å².